The number of carbonyl (C=O) groups is 1. The minimum Gasteiger partial charge on any atom is -0.489 e. The van der Waals surface area contributed by atoms with Crippen LogP contribution in [0.1, 0.15) is 43.6 Å². The largest absolute Gasteiger partial charge is 0.489 e. The zero-order chi connectivity index (χ0) is 20.6. The quantitative estimate of drug-likeness (QED) is 0.352. The van der Waals surface area contributed by atoms with Gasteiger partial charge in [0.05, 0.1) is 12.7 Å². The van der Waals surface area contributed by atoms with Gasteiger partial charge in [-0.1, -0.05) is 30.3 Å². The van der Waals surface area contributed by atoms with Gasteiger partial charge in [0, 0.05) is 6.07 Å². The summed E-state index contributed by atoms with van der Waals surface area (Å²) >= 11 is 0.903. The van der Waals surface area contributed by atoms with Gasteiger partial charge in [-0.2, -0.15) is 4.18 Å². The number of ether oxygens (including phenoxy) is 3. The molecule has 0 heterocycles. The molecule has 0 fully saturated rings. The van der Waals surface area contributed by atoms with Crippen LogP contribution in [-0.4, -0.2) is 30.5 Å². The number of esters is 1. The highest BCUT2D eigenvalue weighted by Crippen LogP contribution is 2.25. The molecule has 0 aromatic heterocycles. The van der Waals surface area contributed by atoms with Crippen molar-refractivity contribution in [3.05, 3.63) is 59.7 Å². The van der Waals surface area contributed by atoms with Crippen molar-refractivity contribution in [2.75, 3.05) is 13.7 Å². The van der Waals surface area contributed by atoms with Crippen LogP contribution in [0.3, 0.4) is 0 Å². The van der Waals surface area contributed by atoms with Crippen LogP contribution in [0.5, 0.6) is 11.5 Å². The first-order chi connectivity index (χ1) is 13.3. The molecule has 0 N–H and O–H groups in total. The van der Waals surface area contributed by atoms with Crippen LogP contribution >= 0.6 is 0 Å². The van der Waals surface area contributed by atoms with E-state index in [9.17, 15) is 4.79 Å². The van der Waals surface area contributed by atoms with Crippen LogP contribution in [0, 0.1) is 0 Å². The van der Waals surface area contributed by atoms with E-state index < -0.39 is 5.97 Å². The molecule has 1 atom stereocenters. The molecule has 152 valence electrons. The molecule has 0 radical (unpaired) electrons. The Hall–Kier alpha value is -2.18. The number of methoxy groups -OCH3 is 1. The van der Waals surface area contributed by atoms with Gasteiger partial charge in [-0.25, -0.2) is 4.79 Å². The van der Waals surface area contributed by atoms with Gasteiger partial charge in [0.15, 0.2) is 0 Å². The summed E-state index contributed by atoms with van der Waals surface area (Å²) in [7, 11) is 1.35. The van der Waals surface area contributed by atoms with E-state index >= 15 is 0 Å². The molecule has 2 aromatic rings. The Morgan fingerprint density at radius 3 is 2.39 bits per heavy atom. The standard InChI is InChI=1S/C22H28O5S/c1-16(14-26-28-22(2,3)4)27-20-12-18(21(23)24-5)11-19(13-20)25-15-17-9-7-6-8-10-17/h6-13,16H,14-15H2,1-5H3/p+1/t16-/m0/s1. The zero-order valence-corrected chi connectivity index (χ0v) is 18.0. The smallest absolute Gasteiger partial charge is 0.338 e. The first-order valence-electron chi connectivity index (χ1n) is 9.18. The zero-order valence-electron chi connectivity index (χ0n) is 17.1. The minimum atomic E-state index is -0.440. The first kappa shape index (κ1) is 22.1. The number of thiol groups is 1. The normalized spacial score (nSPS) is 12.3. The van der Waals surface area contributed by atoms with Gasteiger partial charge in [-0.15, -0.1) is 0 Å². The average molecular weight is 406 g/mol. The lowest BCUT2D eigenvalue weighted by Crippen LogP contribution is -2.24. The number of hydrogen-bond donors (Lipinski definition) is 0. The summed E-state index contributed by atoms with van der Waals surface area (Å²) in [6, 6.07) is 14.9. The van der Waals surface area contributed by atoms with Gasteiger partial charge in [-0.3, -0.25) is 0 Å². The Labute approximate surface area is 171 Å². The molecule has 28 heavy (non-hydrogen) atoms. The fourth-order valence-electron chi connectivity index (χ4n) is 2.30. The summed E-state index contributed by atoms with van der Waals surface area (Å²) in [6.45, 7) is 9.09. The highest BCUT2D eigenvalue weighted by Gasteiger charge is 2.22. The molecule has 0 saturated carbocycles. The van der Waals surface area contributed by atoms with Crippen molar-refractivity contribution in [1.29, 1.82) is 0 Å². The lowest BCUT2D eigenvalue weighted by molar-refractivity contribution is 0.0599. The SMILES string of the molecule is COC(=O)c1cc(OCc2ccccc2)cc(O[C@@H](C)CO[SH+]C(C)(C)C)c1. The Morgan fingerprint density at radius 1 is 1.07 bits per heavy atom. The van der Waals surface area contributed by atoms with Gasteiger partial charge in [0.1, 0.15) is 47.6 Å². The molecule has 0 aliphatic carbocycles. The Bertz CT molecular complexity index is 755. The second kappa shape index (κ2) is 10.4. The van der Waals surface area contributed by atoms with E-state index in [1.807, 2.05) is 37.3 Å². The molecular formula is C22H29O5S+. The van der Waals surface area contributed by atoms with Crippen molar-refractivity contribution >= 4 is 18.0 Å². The molecule has 0 spiro atoms. The van der Waals surface area contributed by atoms with Crippen molar-refractivity contribution in [2.45, 2.75) is 45.2 Å². The predicted octanol–water partition coefficient (Wildman–Crippen LogP) is 4.36. The molecule has 2 aromatic carbocycles. The van der Waals surface area contributed by atoms with Crippen molar-refractivity contribution in [1.82, 2.24) is 0 Å². The van der Waals surface area contributed by atoms with E-state index in [4.69, 9.17) is 18.4 Å². The van der Waals surface area contributed by atoms with Gasteiger partial charge >= 0.3 is 5.97 Å². The molecule has 0 bridgehead atoms. The maximum atomic E-state index is 12.0. The Morgan fingerprint density at radius 2 is 1.75 bits per heavy atom. The molecule has 6 heteroatoms. The second-order valence-electron chi connectivity index (χ2n) is 7.45. The van der Waals surface area contributed by atoms with E-state index in [0.717, 1.165) is 17.6 Å². The molecule has 2 rings (SSSR count). The summed E-state index contributed by atoms with van der Waals surface area (Å²) in [5, 5.41) is 0. The number of carbonyl (C=O) groups excluding carboxylic acids is 1. The maximum Gasteiger partial charge on any atom is 0.338 e. The van der Waals surface area contributed by atoms with Crippen LogP contribution in [0.15, 0.2) is 48.5 Å². The lowest BCUT2D eigenvalue weighted by Gasteiger charge is -2.16. The molecule has 0 amide bonds. The van der Waals surface area contributed by atoms with Gasteiger partial charge in [0.2, 0.25) is 0 Å². The Balaban J connectivity index is 2.06. The number of rotatable bonds is 9. The van der Waals surface area contributed by atoms with Gasteiger partial charge in [0.25, 0.3) is 0 Å². The molecule has 0 unspecified atom stereocenters. The van der Waals surface area contributed by atoms with E-state index in [0.29, 0.717) is 30.3 Å². The predicted molar refractivity (Wildman–Crippen MR) is 113 cm³/mol. The second-order valence-corrected chi connectivity index (χ2v) is 9.23. The molecule has 0 aliphatic heterocycles. The Kier molecular flexibility index (Phi) is 8.20. The van der Waals surface area contributed by atoms with Crippen molar-refractivity contribution < 1.29 is 23.2 Å². The third-order valence-corrected chi connectivity index (χ3v) is 4.36. The van der Waals surface area contributed by atoms with Crippen LogP contribution in [0.2, 0.25) is 0 Å². The van der Waals surface area contributed by atoms with Crippen molar-refractivity contribution in [3.8, 4) is 11.5 Å². The highest BCUT2D eigenvalue weighted by molar-refractivity contribution is 7.75. The third kappa shape index (κ3) is 7.82. The van der Waals surface area contributed by atoms with Crippen LogP contribution in [-0.2, 0) is 27.6 Å². The van der Waals surface area contributed by atoms with Crippen molar-refractivity contribution in [3.63, 3.8) is 0 Å². The van der Waals surface area contributed by atoms with Crippen molar-refractivity contribution in [2.24, 2.45) is 0 Å². The minimum absolute atomic E-state index is 0.0724. The highest BCUT2D eigenvalue weighted by atomic mass is 32.2. The summed E-state index contributed by atoms with van der Waals surface area (Å²) in [6.07, 6.45) is -0.176. The maximum absolute atomic E-state index is 12.0. The fourth-order valence-corrected chi connectivity index (χ4v) is 2.97. The molecule has 0 saturated heterocycles. The van der Waals surface area contributed by atoms with Gasteiger partial charge in [-0.05, 0) is 45.4 Å². The molecule has 0 aliphatic rings. The van der Waals surface area contributed by atoms with E-state index in [1.54, 1.807) is 18.2 Å². The average Bonchev–Trinajstić information content (AvgIpc) is 2.65. The summed E-state index contributed by atoms with van der Waals surface area (Å²) < 4.78 is 22.4. The number of benzene rings is 2. The van der Waals surface area contributed by atoms with Crippen LogP contribution < -0.4 is 9.47 Å². The third-order valence-electron chi connectivity index (χ3n) is 3.53. The summed E-state index contributed by atoms with van der Waals surface area (Å²) in [5.74, 6) is 0.641. The van der Waals surface area contributed by atoms with E-state index in [2.05, 4.69) is 20.8 Å². The monoisotopic (exact) mass is 405 g/mol. The summed E-state index contributed by atoms with van der Waals surface area (Å²) in [5.41, 5.74) is 1.42. The fraction of sp³-hybridized carbons (Fsp3) is 0.409. The van der Waals surface area contributed by atoms with E-state index in [-0.39, 0.29) is 10.9 Å². The first-order valence-corrected chi connectivity index (χ1v) is 9.99. The summed E-state index contributed by atoms with van der Waals surface area (Å²) in [4.78, 5) is 12.0. The lowest BCUT2D eigenvalue weighted by atomic mass is 10.2. The van der Waals surface area contributed by atoms with Crippen LogP contribution in [0.4, 0.5) is 0 Å². The van der Waals surface area contributed by atoms with Crippen LogP contribution in [0.25, 0.3) is 0 Å². The molecular weight excluding hydrogens is 376 g/mol. The number of hydrogen-bond acceptors (Lipinski definition) is 5. The van der Waals surface area contributed by atoms with E-state index in [1.165, 1.54) is 7.11 Å². The molecule has 5 nitrogen and oxygen atoms in total. The topological polar surface area (TPSA) is 54.0 Å². The van der Waals surface area contributed by atoms with Gasteiger partial charge < -0.3 is 14.2 Å².